The first-order chi connectivity index (χ1) is 9.75. The van der Waals surface area contributed by atoms with Crippen LogP contribution in [-0.2, 0) is 6.54 Å². The Hall–Kier alpha value is -0.990. The number of benzene rings is 1. The van der Waals surface area contributed by atoms with E-state index in [1.807, 2.05) is 18.2 Å². The Morgan fingerprint density at radius 2 is 2.00 bits per heavy atom. The molecule has 1 heterocycles. The molecule has 1 aromatic heterocycles. The van der Waals surface area contributed by atoms with Crippen molar-refractivity contribution in [2.45, 2.75) is 51.6 Å². The van der Waals surface area contributed by atoms with Gasteiger partial charge in [0.1, 0.15) is 5.58 Å². The van der Waals surface area contributed by atoms with Gasteiger partial charge in [0, 0.05) is 23.5 Å². The maximum atomic E-state index is 6.25. The summed E-state index contributed by atoms with van der Waals surface area (Å²) in [6.45, 7) is 3.16. The maximum Gasteiger partial charge on any atom is 0.199 e. The van der Waals surface area contributed by atoms with Gasteiger partial charge in [0.25, 0.3) is 0 Å². The van der Waals surface area contributed by atoms with Gasteiger partial charge in [-0.3, -0.25) is 0 Å². The zero-order valence-corrected chi connectivity index (χ0v) is 12.7. The summed E-state index contributed by atoms with van der Waals surface area (Å²) in [7, 11) is 0. The Bertz CT molecular complexity index is 577. The minimum Gasteiger partial charge on any atom is -0.444 e. The number of halogens is 1. The molecule has 3 heteroatoms. The molecule has 0 amide bonds. The third-order valence-electron chi connectivity index (χ3n) is 4.55. The highest BCUT2D eigenvalue weighted by atomic mass is 35.5. The van der Waals surface area contributed by atoms with Gasteiger partial charge in [0.2, 0.25) is 0 Å². The molecule has 1 N–H and O–H groups in total. The van der Waals surface area contributed by atoms with Crippen LogP contribution in [0.1, 0.15) is 44.6 Å². The molecule has 1 aliphatic rings. The average Bonchev–Trinajstić information content (AvgIpc) is 2.62. The Morgan fingerprint density at radius 1 is 1.20 bits per heavy atom. The van der Waals surface area contributed by atoms with E-state index in [-0.39, 0.29) is 0 Å². The van der Waals surface area contributed by atoms with Crippen LogP contribution in [0.4, 0.5) is 0 Å². The summed E-state index contributed by atoms with van der Waals surface area (Å²) in [5.74, 6) is 0.745. The lowest BCUT2D eigenvalue weighted by Crippen LogP contribution is -2.33. The van der Waals surface area contributed by atoms with Crippen molar-refractivity contribution in [3.63, 3.8) is 0 Å². The average molecular weight is 292 g/mol. The van der Waals surface area contributed by atoms with Crippen molar-refractivity contribution in [3.05, 3.63) is 35.0 Å². The van der Waals surface area contributed by atoms with E-state index in [0.717, 1.165) is 29.0 Å². The SMILES string of the molecule is CC1CCCCCC1NCc1c(Cl)oc2ccccc12. The molecular formula is C17H22ClNO. The largest absolute Gasteiger partial charge is 0.444 e. The highest BCUT2D eigenvalue weighted by Crippen LogP contribution is 2.30. The third kappa shape index (κ3) is 2.87. The summed E-state index contributed by atoms with van der Waals surface area (Å²) in [4.78, 5) is 0. The fourth-order valence-corrected chi connectivity index (χ4v) is 3.51. The Labute approximate surface area is 125 Å². The van der Waals surface area contributed by atoms with Crippen LogP contribution >= 0.6 is 11.6 Å². The van der Waals surface area contributed by atoms with E-state index in [0.29, 0.717) is 11.3 Å². The van der Waals surface area contributed by atoms with E-state index in [4.69, 9.17) is 16.0 Å². The maximum absolute atomic E-state index is 6.25. The number of para-hydroxylation sites is 1. The minimum absolute atomic E-state index is 0.528. The van der Waals surface area contributed by atoms with Crippen molar-refractivity contribution in [2.75, 3.05) is 0 Å². The lowest BCUT2D eigenvalue weighted by Gasteiger charge is -2.22. The Balaban J connectivity index is 1.74. The van der Waals surface area contributed by atoms with Gasteiger partial charge in [-0.15, -0.1) is 0 Å². The van der Waals surface area contributed by atoms with Crippen LogP contribution in [0.25, 0.3) is 11.0 Å². The van der Waals surface area contributed by atoms with Crippen molar-refractivity contribution >= 4 is 22.6 Å². The second-order valence-corrected chi connectivity index (χ2v) is 6.30. The molecule has 0 spiro atoms. The van der Waals surface area contributed by atoms with Crippen molar-refractivity contribution in [1.29, 1.82) is 0 Å². The fourth-order valence-electron chi connectivity index (χ4n) is 3.26. The van der Waals surface area contributed by atoms with Crippen LogP contribution in [0.3, 0.4) is 0 Å². The number of fused-ring (bicyclic) bond motifs is 1. The summed E-state index contributed by atoms with van der Waals surface area (Å²) in [5.41, 5.74) is 1.97. The molecule has 0 aliphatic heterocycles. The summed E-state index contributed by atoms with van der Waals surface area (Å²) >= 11 is 6.25. The molecule has 0 bridgehead atoms. The van der Waals surface area contributed by atoms with Gasteiger partial charge >= 0.3 is 0 Å². The number of furan rings is 1. The van der Waals surface area contributed by atoms with E-state index < -0.39 is 0 Å². The Morgan fingerprint density at radius 3 is 2.90 bits per heavy atom. The zero-order chi connectivity index (χ0) is 13.9. The molecule has 0 radical (unpaired) electrons. The lowest BCUT2D eigenvalue weighted by atomic mass is 9.97. The van der Waals surface area contributed by atoms with Crippen LogP contribution in [-0.4, -0.2) is 6.04 Å². The molecular weight excluding hydrogens is 270 g/mol. The standard InChI is InChI=1S/C17H22ClNO/c1-12-7-3-2-4-9-15(12)19-11-14-13-8-5-6-10-16(13)20-17(14)18/h5-6,8,10,12,15,19H,2-4,7,9,11H2,1H3. The monoisotopic (exact) mass is 291 g/mol. The predicted octanol–water partition coefficient (Wildman–Crippen LogP) is 5.14. The lowest BCUT2D eigenvalue weighted by molar-refractivity contribution is 0.356. The first-order valence-electron chi connectivity index (χ1n) is 7.65. The minimum atomic E-state index is 0.528. The zero-order valence-electron chi connectivity index (χ0n) is 12.0. The highest BCUT2D eigenvalue weighted by molar-refractivity contribution is 6.30. The molecule has 2 aromatic rings. The Kier molecular flexibility index (Phi) is 4.32. The number of hydrogen-bond acceptors (Lipinski definition) is 2. The summed E-state index contributed by atoms with van der Waals surface area (Å²) in [6, 6.07) is 8.66. The normalized spacial score (nSPS) is 23.9. The van der Waals surface area contributed by atoms with E-state index in [9.17, 15) is 0 Å². The van der Waals surface area contributed by atoms with Crippen molar-refractivity contribution < 1.29 is 4.42 Å². The van der Waals surface area contributed by atoms with E-state index in [1.54, 1.807) is 0 Å². The molecule has 2 unspecified atom stereocenters. The molecule has 20 heavy (non-hydrogen) atoms. The molecule has 1 saturated carbocycles. The van der Waals surface area contributed by atoms with Crippen molar-refractivity contribution in [2.24, 2.45) is 5.92 Å². The van der Waals surface area contributed by atoms with Crippen LogP contribution in [0, 0.1) is 5.92 Å². The summed E-state index contributed by atoms with van der Waals surface area (Å²) in [5, 5.41) is 5.36. The highest BCUT2D eigenvalue weighted by Gasteiger charge is 2.20. The van der Waals surface area contributed by atoms with E-state index in [2.05, 4.69) is 18.3 Å². The van der Waals surface area contributed by atoms with Gasteiger partial charge in [-0.25, -0.2) is 0 Å². The molecule has 108 valence electrons. The molecule has 0 saturated heterocycles. The first-order valence-corrected chi connectivity index (χ1v) is 8.03. The van der Waals surface area contributed by atoms with Crippen molar-refractivity contribution in [3.8, 4) is 0 Å². The molecule has 1 aromatic carbocycles. The van der Waals surface area contributed by atoms with E-state index >= 15 is 0 Å². The molecule has 1 fully saturated rings. The van der Waals surface area contributed by atoms with Gasteiger partial charge in [0.05, 0.1) is 0 Å². The molecule has 1 aliphatic carbocycles. The van der Waals surface area contributed by atoms with Crippen LogP contribution in [0.5, 0.6) is 0 Å². The van der Waals surface area contributed by atoms with Gasteiger partial charge in [-0.1, -0.05) is 44.4 Å². The fraction of sp³-hybridized carbons (Fsp3) is 0.529. The number of nitrogens with one attached hydrogen (secondary N) is 1. The quantitative estimate of drug-likeness (QED) is 0.792. The van der Waals surface area contributed by atoms with Crippen LogP contribution in [0.15, 0.2) is 28.7 Å². The predicted molar refractivity (Wildman–Crippen MR) is 84.1 cm³/mol. The van der Waals surface area contributed by atoms with Gasteiger partial charge in [-0.05, 0) is 36.4 Å². The smallest absolute Gasteiger partial charge is 0.199 e. The van der Waals surface area contributed by atoms with Gasteiger partial charge < -0.3 is 9.73 Å². The summed E-state index contributed by atoms with van der Waals surface area (Å²) < 4.78 is 5.62. The van der Waals surface area contributed by atoms with Crippen LogP contribution < -0.4 is 5.32 Å². The van der Waals surface area contributed by atoms with Gasteiger partial charge in [-0.2, -0.15) is 0 Å². The second-order valence-electron chi connectivity index (χ2n) is 5.95. The topological polar surface area (TPSA) is 25.2 Å². The first kappa shape index (κ1) is 14.0. The number of hydrogen-bond donors (Lipinski definition) is 1. The molecule has 3 rings (SSSR count). The third-order valence-corrected chi connectivity index (χ3v) is 4.86. The van der Waals surface area contributed by atoms with Crippen LogP contribution in [0.2, 0.25) is 5.22 Å². The molecule has 2 nitrogen and oxygen atoms in total. The van der Waals surface area contributed by atoms with E-state index in [1.165, 1.54) is 32.1 Å². The number of rotatable bonds is 3. The summed E-state index contributed by atoms with van der Waals surface area (Å²) in [6.07, 6.45) is 6.68. The molecule has 2 atom stereocenters. The second kappa shape index (κ2) is 6.19. The van der Waals surface area contributed by atoms with Crippen molar-refractivity contribution in [1.82, 2.24) is 5.32 Å². The van der Waals surface area contributed by atoms with Gasteiger partial charge in [0.15, 0.2) is 5.22 Å².